The van der Waals surface area contributed by atoms with Gasteiger partial charge in [-0.2, -0.15) is 15.0 Å². The Labute approximate surface area is 201 Å². The van der Waals surface area contributed by atoms with Gasteiger partial charge in [-0.15, -0.1) is 0 Å². The van der Waals surface area contributed by atoms with Gasteiger partial charge in [0, 0.05) is 38.0 Å². The number of aryl methyl sites for hydroxylation is 1. The molecule has 4 heterocycles. The highest BCUT2D eigenvalue weighted by Crippen LogP contribution is 2.34. The van der Waals surface area contributed by atoms with Crippen LogP contribution in [0.4, 0.5) is 5.95 Å². The molecule has 1 N–H and O–H groups in total. The molecule has 0 saturated carbocycles. The SMILES string of the molecule is COc1ccc2nc(N3CC4CN(C(=O)c5cc(C)ccc5-n5nccn5)CC4C3)[nH]c(=O)c2c1. The van der Waals surface area contributed by atoms with Gasteiger partial charge in [-0.3, -0.25) is 14.6 Å². The van der Waals surface area contributed by atoms with E-state index in [0.29, 0.717) is 58.8 Å². The van der Waals surface area contributed by atoms with Crippen LogP contribution in [-0.4, -0.2) is 69.1 Å². The minimum absolute atomic E-state index is 0.00636. The van der Waals surface area contributed by atoms with Crippen LogP contribution in [0.5, 0.6) is 5.75 Å². The highest BCUT2D eigenvalue weighted by Gasteiger charge is 2.42. The number of methoxy groups -OCH3 is 1. The Morgan fingerprint density at radius 1 is 1.03 bits per heavy atom. The van der Waals surface area contributed by atoms with Crippen LogP contribution in [0.2, 0.25) is 0 Å². The first-order valence-electron chi connectivity index (χ1n) is 11.6. The quantitative estimate of drug-likeness (QED) is 0.485. The molecule has 10 nitrogen and oxygen atoms in total. The third kappa shape index (κ3) is 3.71. The Hall–Kier alpha value is -4.21. The van der Waals surface area contributed by atoms with Crippen molar-refractivity contribution in [1.82, 2.24) is 29.9 Å². The van der Waals surface area contributed by atoms with Crippen molar-refractivity contribution in [3.63, 3.8) is 0 Å². The van der Waals surface area contributed by atoms with E-state index in [0.717, 1.165) is 18.7 Å². The second-order valence-electron chi connectivity index (χ2n) is 9.25. The number of ether oxygens (including phenoxy) is 1. The maximum Gasteiger partial charge on any atom is 0.260 e. The molecule has 4 aromatic rings. The van der Waals surface area contributed by atoms with Crippen molar-refractivity contribution in [3.8, 4) is 11.4 Å². The fraction of sp³-hybridized carbons (Fsp3) is 0.320. The summed E-state index contributed by atoms with van der Waals surface area (Å²) in [4.78, 5) is 39.4. The number of carbonyl (C=O) groups excluding carboxylic acids is 1. The summed E-state index contributed by atoms with van der Waals surface area (Å²) in [5.74, 6) is 1.82. The van der Waals surface area contributed by atoms with E-state index in [2.05, 4.69) is 25.1 Å². The minimum atomic E-state index is -0.183. The monoisotopic (exact) mass is 471 g/mol. The predicted molar refractivity (Wildman–Crippen MR) is 130 cm³/mol. The molecule has 6 rings (SSSR count). The first-order chi connectivity index (χ1) is 17.0. The van der Waals surface area contributed by atoms with Crippen molar-refractivity contribution in [1.29, 1.82) is 0 Å². The Kier molecular flexibility index (Phi) is 5.01. The molecule has 0 radical (unpaired) electrons. The smallest absolute Gasteiger partial charge is 0.260 e. The van der Waals surface area contributed by atoms with Crippen molar-refractivity contribution >= 4 is 22.8 Å². The van der Waals surface area contributed by atoms with Crippen molar-refractivity contribution in [2.75, 3.05) is 38.2 Å². The largest absolute Gasteiger partial charge is 0.497 e. The number of fused-ring (bicyclic) bond motifs is 2. The Morgan fingerprint density at radius 3 is 2.49 bits per heavy atom. The van der Waals surface area contributed by atoms with E-state index in [9.17, 15) is 9.59 Å². The molecule has 2 aliphatic rings. The summed E-state index contributed by atoms with van der Waals surface area (Å²) in [6, 6.07) is 11.1. The average molecular weight is 472 g/mol. The summed E-state index contributed by atoms with van der Waals surface area (Å²) in [5.41, 5.74) is 2.75. The third-order valence-electron chi connectivity index (χ3n) is 6.99. The second-order valence-corrected chi connectivity index (χ2v) is 9.25. The lowest BCUT2D eigenvalue weighted by atomic mass is 10.0. The van der Waals surface area contributed by atoms with Crippen LogP contribution >= 0.6 is 0 Å². The van der Waals surface area contributed by atoms with Crippen LogP contribution in [0.25, 0.3) is 16.6 Å². The number of hydrogen-bond donors (Lipinski definition) is 1. The first-order valence-corrected chi connectivity index (χ1v) is 11.6. The molecule has 35 heavy (non-hydrogen) atoms. The number of aromatic nitrogens is 5. The summed E-state index contributed by atoms with van der Waals surface area (Å²) < 4.78 is 5.22. The summed E-state index contributed by atoms with van der Waals surface area (Å²) in [6.45, 7) is 4.77. The number of amides is 1. The molecule has 10 heteroatoms. The zero-order chi connectivity index (χ0) is 24.1. The minimum Gasteiger partial charge on any atom is -0.497 e. The number of rotatable bonds is 4. The van der Waals surface area contributed by atoms with Crippen LogP contribution in [0.15, 0.2) is 53.6 Å². The van der Waals surface area contributed by atoms with E-state index in [1.807, 2.05) is 30.0 Å². The molecule has 0 spiro atoms. The maximum absolute atomic E-state index is 13.5. The third-order valence-corrected chi connectivity index (χ3v) is 6.99. The molecule has 178 valence electrons. The van der Waals surface area contributed by atoms with Gasteiger partial charge in [0.15, 0.2) is 0 Å². The molecule has 2 saturated heterocycles. The number of aromatic amines is 1. The highest BCUT2D eigenvalue weighted by atomic mass is 16.5. The lowest BCUT2D eigenvalue weighted by Crippen LogP contribution is -2.34. The number of nitrogens with zero attached hydrogens (tertiary/aromatic N) is 6. The van der Waals surface area contributed by atoms with Gasteiger partial charge in [-0.1, -0.05) is 11.6 Å². The number of H-pyrrole nitrogens is 1. The van der Waals surface area contributed by atoms with Gasteiger partial charge in [-0.05, 0) is 37.3 Å². The number of hydrogen-bond acceptors (Lipinski definition) is 7. The highest BCUT2D eigenvalue weighted by molar-refractivity contribution is 5.98. The number of anilines is 1. The van der Waals surface area contributed by atoms with Crippen LogP contribution in [-0.2, 0) is 0 Å². The lowest BCUT2D eigenvalue weighted by Gasteiger charge is -2.23. The van der Waals surface area contributed by atoms with Gasteiger partial charge in [0.25, 0.3) is 11.5 Å². The van der Waals surface area contributed by atoms with Gasteiger partial charge in [0.2, 0.25) is 5.95 Å². The summed E-state index contributed by atoms with van der Waals surface area (Å²) >= 11 is 0. The van der Waals surface area contributed by atoms with Gasteiger partial charge in [-0.25, -0.2) is 4.98 Å². The van der Waals surface area contributed by atoms with Gasteiger partial charge in [0.05, 0.1) is 41.7 Å². The average Bonchev–Trinajstić information content (AvgIpc) is 3.60. The Morgan fingerprint density at radius 2 is 1.77 bits per heavy atom. The standard InChI is InChI=1S/C25H25N7O3/c1-15-3-6-22(32-26-7-8-27-32)20(9-15)24(34)30-11-16-13-31(14-17(16)12-30)25-28-21-5-4-18(35-2)10-19(21)23(33)29-25/h3-10,16-17H,11-14H2,1-2H3,(H,28,29,33). The van der Waals surface area contributed by atoms with Crippen molar-refractivity contribution in [2.24, 2.45) is 11.8 Å². The van der Waals surface area contributed by atoms with Gasteiger partial charge < -0.3 is 14.5 Å². The van der Waals surface area contributed by atoms with Crippen molar-refractivity contribution < 1.29 is 9.53 Å². The van der Waals surface area contributed by atoms with Crippen molar-refractivity contribution in [2.45, 2.75) is 6.92 Å². The Bertz CT molecular complexity index is 1470. The van der Waals surface area contributed by atoms with E-state index in [1.54, 1.807) is 37.7 Å². The fourth-order valence-electron chi connectivity index (χ4n) is 5.22. The number of benzene rings is 2. The molecular weight excluding hydrogens is 446 g/mol. The molecule has 2 aliphatic heterocycles. The van der Waals surface area contributed by atoms with Crippen LogP contribution in [0.1, 0.15) is 15.9 Å². The molecule has 2 aromatic carbocycles. The number of likely N-dealkylation sites (tertiary alicyclic amines) is 1. The maximum atomic E-state index is 13.5. The predicted octanol–water partition coefficient (Wildman–Crippen LogP) is 2.03. The summed E-state index contributed by atoms with van der Waals surface area (Å²) in [5, 5.41) is 8.92. The number of nitrogens with one attached hydrogen (secondary N) is 1. The van der Waals surface area contributed by atoms with Gasteiger partial charge in [0.1, 0.15) is 5.75 Å². The van der Waals surface area contributed by atoms with Gasteiger partial charge >= 0.3 is 0 Å². The molecule has 2 fully saturated rings. The van der Waals surface area contributed by atoms with Crippen LogP contribution in [0.3, 0.4) is 0 Å². The second kappa shape index (κ2) is 8.23. The van der Waals surface area contributed by atoms with E-state index in [-0.39, 0.29) is 11.5 Å². The number of carbonyl (C=O) groups is 1. The Balaban J connectivity index is 1.20. The fourth-order valence-corrected chi connectivity index (χ4v) is 5.22. The lowest BCUT2D eigenvalue weighted by molar-refractivity contribution is 0.0782. The van der Waals surface area contributed by atoms with Crippen LogP contribution < -0.4 is 15.2 Å². The van der Waals surface area contributed by atoms with E-state index < -0.39 is 0 Å². The van der Waals surface area contributed by atoms with E-state index >= 15 is 0 Å². The zero-order valence-electron chi connectivity index (χ0n) is 19.5. The summed E-state index contributed by atoms with van der Waals surface area (Å²) in [6.07, 6.45) is 3.20. The topological polar surface area (TPSA) is 109 Å². The molecule has 2 aromatic heterocycles. The normalized spacial score (nSPS) is 19.4. The first kappa shape index (κ1) is 21.3. The molecule has 2 unspecified atom stereocenters. The van der Waals surface area contributed by atoms with Crippen molar-refractivity contribution in [3.05, 3.63) is 70.3 Å². The van der Waals surface area contributed by atoms with E-state index in [4.69, 9.17) is 4.74 Å². The summed E-state index contributed by atoms with van der Waals surface area (Å²) in [7, 11) is 1.57. The molecule has 2 atom stereocenters. The molecule has 1 amide bonds. The van der Waals surface area contributed by atoms with Crippen LogP contribution in [0, 0.1) is 18.8 Å². The molecule has 0 bridgehead atoms. The zero-order valence-corrected chi connectivity index (χ0v) is 19.5. The van der Waals surface area contributed by atoms with E-state index in [1.165, 1.54) is 4.80 Å². The molecule has 0 aliphatic carbocycles. The molecular formula is C25H25N7O3.